The van der Waals surface area contributed by atoms with Crippen LogP contribution in [0.3, 0.4) is 0 Å². The average molecular weight is 560 g/mol. The maximum Gasteiger partial charge on any atom is 0.233 e. The van der Waals surface area contributed by atoms with Crippen LogP contribution in [0, 0.1) is 23.7 Å². The van der Waals surface area contributed by atoms with Gasteiger partial charge in [-0.15, -0.1) is 24.0 Å². The number of imidazole rings is 1. The van der Waals surface area contributed by atoms with Crippen molar-refractivity contribution in [3.05, 3.63) is 54.5 Å². The molecule has 2 aromatic rings. The van der Waals surface area contributed by atoms with Gasteiger partial charge >= 0.3 is 0 Å². The van der Waals surface area contributed by atoms with E-state index in [9.17, 15) is 9.59 Å². The Labute approximate surface area is 210 Å². The molecule has 2 amide bonds. The molecule has 3 N–H and O–H groups in total. The van der Waals surface area contributed by atoms with Crippen LogP contribution in [0.25, 0.3) is 11.3 Å². The van der Waals surface area contributed by atoms with Gasteiger partial charge in [-0.3, -0.25) is 14.5 Å². The first kappa shape index (κ1) is 23.5. The molecule has 1 aromatic carbocycles. The SMILES string of the molecule is CCNC(=NCc1ncc(-c2ccccc2)[nH]1)NCCN1C(=O)C2C3C=CC(C3)C2C1=O.I. The van der Waals surface area contributed by atoms with E-state index in [4.69, 9.17) is 0 Å². The number of aliphatic imine (C=N–C) groups is 1. The standard InChI is InChI=1S/C24H28N6O2.HI/c1-2-25-24(28-14-19-27-13-18(29-19)15-6-4-3-5-7-15)26-10-11-30-22(31)20-16-8-9-17(12-16)21(20)23(30)32;/h3-9,13,16-17,20-21H,2,10-12,14H2,1H3,(H,27,29)(H2,25,26,28);1H. The number of hydrogen-bond acceptors (Lipinski definition) is 4. The minimum absolute atomic E-state index is 0. The highest BCUT2D eigenvalue weighted by molar-refractivity contribution is 14.0. The summed E-state index contributed by atoms with van der Waals surface area (Å²) in [5, 5.41) is 6.44. The summed E-state index contributed by atoms with van der Waals surface area (Å²) in [6.07, 6.45) is 7.00. The fourth-order valence-corrected chi connectivity index (χ4v) is 5.17. The molecule has 2 bridgehead atoms. The molecule has 33 heavy (non-hydrogen) atoms. The van der Waals surface area contributed by atoms with Crippen molar-refractivity contribution >= 4 is 41.8 Å². The molecule has 2 fully saturated rings. The molecule has 0 radical (unpaired) electrons. The van der Waals surface area contributed by atoms with Crippen LogP contribution in [-0.4, -0.2) is 52.3 Å². The third-order valence-corrected chi connectivity index (χ3v) is 6.63. The van der Waals surface area contributed by atoms with E-state index in [0.717, 1.165) is 23.5 Å². The number of benzene rings is 1. The highest BCUT2D eigenvalue weighted by Crippen LogP contribution is 2.52. The van der Waals surface area contributed by atoms with Gasteiger partial charge < -0.3 is 15.6 Å². The minimum atomic E-state index is -0.142. The van der Waals surface area contributed by atoms with Gasteiger partial charge in [-0.1, -0.05) is 42.5 Å². The van der Waals surface area contributed by atoms with Crippen LogP contribution in [0.15, 0.2) is 53.7 Å². The number of nitrogens with one attached hydrogen (secondary N) is 3. The molecule has 4 atom stereocenters. The highest BCUT2D eigenvalue weighted by Gasteiger charge is 2.58. The molecule has 174 valence electrons. The molecule has 1 aliphatic heterocycles. The van der Waals surface area contributed by atoms with Crippen molar-refractivity contribution < 1.29 is 9.59 Å². The first-order valence-electron chi connectivity index (χ1n) is 11.3. The lowest BCUT2D eigenvalue weighted by atomic mass is 9.85. The van der Waals surface area contributed by atoms with Gasteiger partial charge in [0, 0.05) is 19.6 Å². The van der Waals surface area contributed by atoms with Crippen molar-refractivity contribution in [2.24, 2.45) is 28.7 Å². The van der Waals surface area contributed by atoms with Crippen molar-refractivity contribution in [2.45, 2.75) is 19.9 Å². The number of imide groups is 1. The van der Waals surface area contributed by atoms with Crippen molar-refractivity contribution in [1.29, 1.82) is 0 Å². The molecule has 1 saturated carbocycles. The van der Waals surface area contributed by atoms with Crippen LogP contribution in [0.1, 0.15) is 19.2 Å². The van der Waals surface area contributed by atoms with Crippen LogP contribution in [0.2, 0.25) is 0 Å². The maximum atomic E-state index is 12.8. The predicted molar refractivity (Wildman–Crippen MR) is 137 cm³/mol. The Balaban J connectivity index is 0.00000259. The summed E-state index contributed by atoms with van der Waals surface area (Å²) in [4.78, 5) is 39.4. The smallest absolute Gasteiger partial charge is 0.233 e. The van der Waals surface area contributed by atoms with Gasteiger partial charge in [-0.25, -0.2) is 9.98 Å². The van der Waals surface area contributed by atoms with Gasteiger partial charge in [-0.2, -0.15) is 0 Å². The fourth-order valence-electron chi connectivity index (χ4n) is 5.17. The number of nitrogens with zero attached hydrogens (tertiary/aromatic N) is 3. The molecule has 2 aliphatic carbocycles. The van der Waals surface area contributed by atoms with E-state index < -0.39 is 0 Å². The minimum Gasteiger partial charge on any atom is -0.357 e. The number of amides is 2. The second kappa shape index (κ2) is 10.1. The number of aromatic nitrogens is 2. The zero-order valence-electron chi connectivity index (χ0n) is 18.5. The monoisotopic (exact) mass is 560 g/mol. The van der Waals surface area contributed by atoms with Crippen molar-refractivity contribution in [1.82, 2.24) is 25.5 Å². The number of aromatic amines is 1. The van der Waals surface area contributed by atoms with Crippen LogP contribution in [0.4, 0.5) is 0 Å². The van der Waals surface area contributed by atoms with E-state index in [0.29, 0.717) is 32.1 Å². The highest BCUT2D eigenvalue weighted by atomic mass is 127. The average Bonchev–Trinajstić information content (AvgIpc) is 3.59. The maximum absolute atomic E-state index is 12.8. The quantitative estimate of drug-likeness (QED) is 0.159. The van der Waals surface area contributed by atoms with Crippen molar-refractivity contribution in [3.8, 4) is 11.3 Å². The summed E-state index contributed by atoms with van der Waals surface area (Å²) in [5.74, 6) is 1.58. The van der Waals surface area contributed by atoms with Gasteiger partial charge in [0.2, 0.25) is 11.8 Å². The van der Waals surface area contributed by atoms with E-state index in [2.05, 4.69) is 37.7 Å². The Hall–Kier alpha value is -2.69. The third kappa shape index (κ3) is 4.55. The zero-order valence-corrected chi connectivity index (χ0v) is 20.9. The summed E-state index contributed by atoms with van der Waals surface area (Å²) in [6, 6.07) is 10.0. The summed E-state index contributed by atoms with van der Waals surface area (Å²) in [7, 11) is 0. The Bertz CT molecular complexity index is 1040. The van der Waals surface area contributed by atoms with Crippen molar-refractivity contribution in [2.75, 3.05) is 19.6 Å². The Morgan fingerprint density at radius 2 is 1.82 bits per heavy atom. The van der Waals surface area contributed by atoms with E-state index in [1.807, 2.05) is 43.5 Å². The summed E-state index contributed by atoms with van der Waals surface area (Å²) < 4.78 is 0. The largest absolute Gasteiger partial charge is 0.357 e. The number of rotatable bonds is 7. The Morgan fingerprint density at radius 1 is 1.12 bits per heavy atom. The lowest BCUT2D eigenvalue weighted by molar-refractivity contribution is -0.140. The molecule has 1 saturated heterocycles. The van der Waals surface area contributed by atoms with E-state index >= 15 is 0 Å². The molecule has 1 aromatic heterocycles. The molecule has 0 spiro atoms. The number of fused-ring (bicyclic) bond motifs is 5. The summed E-state index contributed by atoms with van der Waals surface area (Å²) in [5.41, 5.74) is 2.03. The lowest BCUT2D eigenvalue weighted by Crippen LogP contribution is -2.43. The predicted octanol–water partition coefficient (Wildman–Crippen LogP) is 2.56. The molecule has 9 heteroatoms. The van der Waals surface area contributed by atoms with Crippen LogP contribution >= 0.6 is 24.0 Å². The molecule has 4 unspecified atom stereocenters. The third-order valence-electron chi connectivity index (χ3n) is 6.63. The number of likely N-dealkylation sites (tertiary alicyclic amines) is 1. The van der Waals surface area contributed by atoms with Crippen LogP contribution in [-0.2, 0) is 16.1 Å². The molecular weight excluding hydrogens is 531 g/mol. The zero-order chi connectivity index (χ0) is 22.1. The van der Waals surface area contributed by atoms with Gasteiger partial charge in [-0.05, 0) is 30.7 Å². The number of carbonyl (C=O) groups excluding carboxylic acids is 2. The second-order valence-corrected chi connectivity index (χ2v) is 8.56. The van der Waals surface area contributed by atoms with Gasteiger partial charge in [0.15, 0.2) is 5.96 Å². The van der Waals surface area contributed by atoms with Crippen molar-refractivity contribution in [3.63, 3.8) is 0 Å². The topological polar surface area (TPSA) is 102 Å². The molecular formula is C24H29IN6O2. The first-order chi connectivity index (χ1) is 15.7. The number of halogens is 1. The van der Waals surface area contributed by atoms with Gasteiger partial charge in [0.1, 0.15) is 12.4 Å². The summed E-state index contributed by atoms with van der Waals surface area (Å²) >= 11 is 0. The number of H-pyrrole nitrogens is 1. The lowest BCUT2D eigenvalue weighted by Gasteiger charge is -2.18. The second-order valence-electron chi connectivity index (χ2n) is 8.56. The molecule has 8 nitrogen and oxygen atoms in total. The van der Waals surface area contributed by atoms with E-state index in [1.54, 1.807) is 0 Å². The van der Waals surface area contributed by atoms with E-state index in [-0.39, 0.29) is 59.5 Å². The number of allylic oxidation sites excluding steroid dienone is 2. The fraction of sp³-hybridized carbons (Fsp3) is 0.417. The Morgan fingerprint density at radius 3 is 2.48 bits per heavy atom. The number of hydrogen-bond donors (Lipinski definition) is 3. The molecule has 2 heterocycles. The number of carbonyl (C=O) groups is 2. The molecule has 3 aliphatic rings. The number of guanidine groups is 1. The molecule has 5 rings (SSSR count). The van der Waals surface area contributed by atoms with Gasteiger partial charge in [0.25, 0.3) is 0 Å². The van der Waals surface area contributed by atoms with Crippen LogP contribution in [0.5, 0.6) is 0 Å². The van der Waals surface area contributed by atoms with Gasteiger partial charge in [0.05, 0.1) is 23.7 Å². The van der Waals surface area contributed by atoms with Crippen LogP contribution < -0.4 is 10.6 Å². The van der Waals surface area contributed by atoms with E-state index in [1.165, 1.54) is 4.90 Å². The first-order valence-corrected chi connectivity index (χ1v) is 11.3. The Kier molecular flexibility index (Phi) is 7.16. The normalized spacial score (nSPS) is 25.4. The summed E-state index contributed by atoms with van der Waals surface area (Å²) in [6.45, 7) is 3.91.